The fourth-order valence-electron chi connectivity index (χ4n) is 3.21. The molecule has 1 fully saturated rings. The van der Waals surface area contributed by atoms with Crippen molar-refractivity contribution < 1.29 is 5.11 Å². The Hall–Kier alpha value is -0.0400. The molecular weight excluding hydrogens is 172 g/mol. The van der Waals surface area contributed by atoms with Gasteiger partial charge in [0.25, 0.3) is 0 Å². The summed E-state index contributed by atoms with van der Waals surface area (Å²) in [6.45, 7) is 8.89. The monoisotopic (exact) mass is 198 g/mol. The molecule has 0 saturated heterocycles. The summed E-state index contributed by atoms with van der Waals surface area (Å²) in [6, 6.07) is 0. The normalized spacial score (nSPS) is 34.5. The van der Waals surface area contributed by atoms with E-state index in [-0.39, 0.29) is 5.60 Å². The summed E-state index contributed by atoms with van der Waals surface area (Å²) >= 11 is 0. The van der Waals surface area contributed by atoms with Crippen molar-refractivity contribution in [2.75, 3.05) is 0 Å². The molecule has 0 amide bonds. The smallest absolute Gasteiger partial charge is 0.0670 e. The first-order chi connectivity index (χ1) is 6.51. The first kappa shape index (κ1) is 12.0. The Morgan fingerprint density at radius 3 is 1.79 bits per heavy atom. The Morgan fingerprint density at radius 1 is 1.00 bits per heavy atom. The van der Waals surface area contributed by atoms with Crippen molar-refractivity contribution in [1.29, 1.82) is 0 Å². The quantitative estimate of drug-likeness (QED) is 0.734. The van der Waals surface area contributed by atoms with Gasteiger partial charge in [0.15, 0.2) is 0 Å². The summed E-state index contributed by atoms with van der Waals surface area (Å²) in [7, 11) is 0. The van der Waals surface area contributed by atoms with Crippen LogP contribution in [-0.2, 0) is 0 Å². The van der Waals surface area contributed by atoms with Gasteiger partial charge >= 0.3 is 0 Å². The van der Waals surface area contributed by atoms with E-state index in [4.69, 9.17) is 0 Å². The predicted octanol–water partition coefficient (Wildman–Crippen LogP) is 3.61. The van der Waals surface area contributed by atoms with E-state index in [0.717, 1.165) is 24.7 Å². The van der Waals surface area contributed by atoms with Gasteiger partial charge in [-0.2, -0.15) is 0 Å². The number of hydrogen-bond acceptors (Lipinski definition) is 1. The van der Waals surface area contributed by atoms with E-state index in [2.05, 4.69) is 27.7 Å². The van der Waals surface area contributed by atoms with E-state index < -0.39 is 0 Å². The SMILES string of the molecule is CCC(O)(CC)C1CC(C)CC(C)C1. The third-order valence-corrected chi connectivity index (χ3v) is 4.16. The third-order valence-electron chi connectivity index (χ3n) is 4.16. The van der Waals surface area contributed by atoms with E-state index in [9.17, 15) is 5.11 Å². The Bertz CT molecular complexity index is 162. The topological polar surface area (TPSA) is 20.2 Å². The fourth-order valence-corrected chi connectivity index (χ4v) is 3.21. The van der Waals surface area contributed by atoms with Gasteiger partial charge in [-0.25, -0.2) is 0 Å². The second-order valence-electron chi connectivity index (χ2n) is 5.43. The fraction of sp³-hybridized carbons (Fsp3) is 1.00. The van der Waals surface area contributed by atoms with Crippen molar-refractivity contribution in [1.82, 2.24) is 0 Å². The van der Waals surface area contributed by atoms with Crippen LogP contribution in [0.3, 0.4) is 0 Å². The van der Waals surface area contributed by atoms with Gasteiger partial charge in [0.2, 0.25) is 0 Å². The molecule has 0 heterocycles. The average Bonchev–Trinajstić information content (AvgIpc) is 2.15. The van der Waals surface area contributed by atoms with Gasteiger partial charge in [-0.3, -0.25) is 0 Å². The van der Waals surface area contributed by atoms with Gasteiger partial charge in [-0.05, 0) is 49.9 Å². The van der Waals surface area contributed by atoms with Crippen molar-refractivity contribution in [3.63, 3.8) is 0 Å². The van der Waals surface area contributed by atoms with E-state index in [0.29, 0.717) is 5.92 Å². The van der Waals surface area contributed by atoms with Crippen molar-refractivity contribution in [2.45, 2.75) is 65.4 Å². The highest BCUT2D eigenvalue weighted by molar-refractivity contribution is 4.89. The molecule has 0 aromatic heterocycles. The van der Waals surface area contributed by atoms with Gasteiger partial charge in [0, 0.05) is 0 Å². The second kappa shape index (κ2) is 4.65. The first-order valence-corrected chi connectivity index (χ1v) is 6.24. The summed E-state index contributed by atoms with van der Waals surface area (Å²) in [5.74, 6) is 2.14. The second-order valence-corrected chi connectivity index (χ2v) is 5.43. The molecule has 1 aliphatic rings. The number of aliphatic hydroxyl groups is 1. The van der Waals surface area contributed by atoms with Gasteiger partial charge in [-0.15, -0.1) is 0 Å². The molecule has 0 aromatic carbocycles. The molecule has 1 nitrogen and oxygen atoms in total. The average molecular weight is 198 g/mol. The van der Waals surface area contributed by atoms with Crippen LogP contribution in [-0.4, -0.2) is 10.7 Å². The van der Waals surface area contributed by atoms with Crippen LogP contribution in [0.25, 0.3) is 0 Å². The molecule has 0 bridgehead atoms. The molecule has 2 atom stereocenters. The van der Waals surface area contributed by atoms with E-state index >= 15 is 0 Å². The Labute approximate surface area is 88.9 Å². The lowest BCUT2D eigenvalue weighted by Gasteiger charge is -2.41. The van der Waals surface area contributed by atoms with Gasteiger partial charge in [0.05, 0.1) is 5.60 Å². The van der Waals surface area contributed by atoms with Crippen LogP contribution in [0.15, 0.2) is 0 Å². The maximum atomic E-state index is 10.5. The molecule has 0 spiro atoms. The maximum Gasteiger partial charge on any atom is 0.0670 e. The lowest BCUT2D eigenvalue weighted by molar-refractivity contribution is -0.0543. The molecule has 1 rings (SSSR count). The highest BCUT2D eigenvalue weighted by Gasteiger charge is 2.37. The molecule has 1 aliphatic carbocycles. The molecule has 1 saturated carbocycles. The van der Waals surface area contributed by atoms with Crippen LogP contribution >= 0.6 is 0 Å². The van der Waals surface area contributed by atoms with Gasteiger partial charge < -0.3 is 5.11 Å². The van der Waals surface area contributed by atoms with Crippen LogP contribution in [0.2, 0.25) is 0 Å². The largest absolute Gasteiger partial charge is 0.390 e. The summed E-state index contributed by atoms with van der Waals surface area (Å²) in [5.41, 5.74) is -0.386. The van der Waals surface area contributed by atoms with Crippen molar-refractivity contribution in [3.8, 4) is 0 Å². The van der Waals surface area contributed by atoms with Crippen LogP contribution < -0.4 is 0 Å². The minimum absolute atomic E-state index is 0.386. The zero-order valence-electron chi connectivity index (χ0n) is 10.2. The molecule has 2 unspecified atom stereocenters. The Balaban J connectivity index is 2.66. The van der Waals surface area contributed by atoms with E-state index in [1.807, 2.05) is 0 Å². The molecule has 1 heteroatoms. The van der Waals surface area contributed by atoms with Gasteiger partial charge in [-0.1, -0.05) is 27.7 Å². The standard InChI is InChI=1S/C13H26O/c1-5-13(14,6-2)12-8-10(3)7-11(4)9-12/h10-12,14H,5-9H2,1-4H3. The zero-order valence-corrected chi connectivity index (χ0v) is 10.2. The van der Waals surface area contributed by atoms with Gasteiger partial charge in [0.1, 0.15) is 0 Å². The zero-order chi connectivity index (χ0) is 10.8. The van der Waals surface area contributed by atoms with Crippen LogP contribution in [0, 0.1) is 17.8 Å². The minimum Gasteiger partial charge on any atom is -0.390 e. The molecule has 0 aliphatic heterocycles. The molecular formula is C13H26O. The molecule has 14 heavy (non-hydrogen) atoms. The molecule has 0 radical (unpaired) electrons. The van der Waals surface area contributed by atoms with Crippen LogP contribution in [0.4, 0.5) is 0 Å². The predicted molar refractivity (Wildman–Crippen MR) is 61.2 cm³/mol. The highest BCUT2D eigenvalue weighted by atomic mass is 16.3. The summed E-state index contributed by atoms with van der Waals surface area (Å²) in [4.78, 5) is 0. The Morgan fingerprint density at radius 2 is 1.43 bits per heavy atom. The number of hydrogen-bond donors (Lipinski definition) is 1. The third kappa shape index (κ3) is 2.50. The van der Waals surface area contributed by atoms with Crippen molar-refractivity contribution in [3.05, 3.63) is 0 Å². The first-order valence-electron chi connectivity index (χ1n) is 6.24. The lowest BCUT2D eigenvalue weighted by Crippen LogP contribution is -2.40. The lowest BCUT2D eigenvalue weighted by atomic mass is 9.68. The van der Waals surface area contributed by atoms with E-state index in [1.54, 1.807) is 0 Å². The molecule has 0 aromatic rings. The summed E-state index contributed by atoms with van der Waals surface area (Å²) < 4.78 is 0. The van der Waals surface area contributed by atoms with Crippen LogP contribution in [0.5, 0.6) is 0 Å². The van der Waals surface area contributed by atoms with Crippen molar-refractivity contribution in [2.24, 2.45) is 17.8 Å². The minimum atomic E-state index is -0.386. The van der Waals surface area contributed by atoms with E-state index in [1.165, 1.54) is 19.3 Å². The molecule has 1 N–H and O–H groups in total. The highest BCUT2D eigenvalue weighted by Crippen LogP contribution is 2.41. The maximum absolute atomic E-state index is 10.5. The van der Waals surface area contributed by atoms with Crippen molar-refractivity contribution >= 4 is 0 Å². The Kier molecular flexibility index (Phi) is 4.00. The molecule has 84 valence electrons. The van der Waals surface area contributed by atoms with Crippen LogP contribution in [0.1, 0.15) is 59.8 Å². The number of rotatable bonds is 3. The summed E-state index contributed by atoms with van der Waals surface area (Å²) in [6.07, 6.45) is 5.62. The summed E-state index contributed by atoms with van der Waals surface area (Å²) in [5, 5.41) is 10.5.